The van der Waals surface area contributed by atoms with Gasteiger partial charge in [0.2, 0.25) is 5.95 Å². The first-order chi connectivity index (χ1) is 22.4. The van der Waals surface area contributed by atoms with Crippen molar-refractivity contribution in [2.45, 2.75) is 43.0 Å². The second-order valence-electron chi connectivity index (χ2n) is 10.7. The summed E-state index contributed by atoms with van der Waals surface area (Å²) in [6, 6.07) is 0. The van der Waals surface area contributed by atoms with Crippen LogP contribution in [0.1, 0.15) is 12.5 Å². The van der Waals surface area contributed by atoms with Crippen LogP contribution in [0.2, 0.25) is 0 Å². The molecule has 47 heavy (non-hydrogen) atoms. The average Bonchev–Trinajstić information content (AvgIpc) is 3.79. The van der Waals surface area contributed by atoms with Gasteiger partial charge in [-0.15, -0.1) is 0 Å². The highest BCUT2D eigenvalue weighted by molar-refractivity contribution is 7.79. The van der Waals surface area contributed by atoms with Crippen molar-refractivity contribution in [2.75, 3.05) is 31.3 Å². The average molecular weight is 700 g/mol. The molecule has 2 bridgehead atoms. The summed E-state index contributed by atoms with van der Waals surface area (Å²) in [6.45, 7) is -2.05. The molecule has 4 aromatic heterocycles. The minimum absolute atomic E-state index is 0.0212. The summed E-state index contributed by atoms with van der Waals surface area (Å²) >= 11 is 0. The van der Waals surface area contributed by atoms with Crippen molar-refractivity contribution in [3.05, 3.63) is 29.3 Å². The molecule has 3 saturated heterocycles. The Kier molecular flexibility index (Phi) is 8.16. The molecule has 3 aliphatic heterocycles. The molecule has 3 aliphatic rings. The minimum Gasteiger partial charge on any atom is -0.444 e. The number of nitrogen functional groups attached to an aromatic ring is 2. The third-order valence-electron chi connectivity index (χ3n) is 7.85. The van der Waals surface area contributed by atoms with Gasteiger partial charge in [-0.25, -0.2) is 28.9 Å². The zero-order valence-electron chi connectivity index (χ0n) is 23.7. The lowest BCUT2D eigenvalue weighted by atomic mass is 9.99. The third-order valence-corrected chi connectivity index (χ3v) is 10.2. The van der Waals surface area contributed by atoms with Gasteiger partial charge in [0.1, 0.15) is 30.2 Å². The molecule has 251 valence electrons. The largest absolute Gasteiger partial charge is 0.467 e. The van der Waals surface area contributed by atoms with E-state index in [2.05, 4.69) is 29.9 Å². The molecular formula is C21H26BFN11O11P2. The van der Waals surface area contributed by atoms with Gasteiger partial charge in [0.05, 0.1) is 46.1 Å². The molecule has 0 aliphatic carbocycles. The van der Waals surface area contributed by atoms with Gasteiger partial charge >= 0.3 is 7.75 Å². The first-order valence-corrected chi connectivity index (χ1v) is 16.9. The molecule has 7 rings (SSSR count). The number of hydrogen-bond acceptors (Lipinski definition) is 17. The van der Waals surface area contributed by atoms with Gasteiger partial charge < -0.3 is 52.4 Å². The summed E-state index contributed by atoms with van der Waals surface area (Å²) in [5.74, 6) is -1.31. The number of imidazole rings is 2. The van der Waals surface area contributed by atoms with Crippen molar-refractivity contribution in [1.29, 1.82) is 0 Å². The summed E-state index contributed by atoms with van der Waals surface area (Å²) in [5, 5.41) is 19.7. The number of aliphatic hydroxyl groups is 1. The summed E-state index contributed by atoms with van der Waals surface area (Å²) < 4.78 is 79.9. The van der Waals surface area contributed by atoms with Crippen molar-refractivity contribution in [2.24, 2.45) is 5.92 Å². The Balaban J connectivity index is 1.24. The number of H-pyrrole nitrogens is 1. The molecule has 7 heterocycles. The fourth-order valence-corrected chi connectivity index (χ4v) is 7.79. The molecule has 3 radical (unpaired) electrons. The van der Waals surface area contributed by atoms with Crippen LogP contribution in [0, 0.1) is 5.92 Å². The zero-order chi connectivity index (χ0) is 33.2. The van der Waals surface area contributed by atoms with Crippen LogP contribution in [-0.4, -0.2) is 107 Å². The molecule has 10 atom stereocenters. The molecule has 3 unspecified atom stereocenters. The number of aromatic amines is 1. The molecule has 3 fully saturated rings. The standard InChI is InChI=1S/C21H25BFN11O11P2/c22-46(38)40-3-9-14(10(23)19(43-9)33-5-28-11-15(24)26-4-27-16(11)33)45-47(39,32-37)41-2-8-7(1-35)13(44-46)20(42-8)34-6-29-12-17(34)30-21(25)31-18(12)36/h4-10,13-14,19-20,35,37H,1-3H2,(H,32,39)(H2,24,26,27)(H3,25,30,31,36)/q-1/p+1/t7?,8-,9-,10+,13+,14?,19-,20-,46+,47?/m1/s1. The van der Waals surface area contributed by atoms with E-state index in [1.807, 2.05) is 0 Å². The smallest absolute Gasteiger partial charge is 0.444 e. The number of aliphatic hydroxyl groups excluding tert-OH is 1. The lowest BCUT2D eigenvalue weighted by Crippen LogP contribution is -2.35. The van der Waals surface area contributed by atoms with Crippen molar-refractivity contribution in [3.63, 3.8) is 0 Å². The number of nitrogens with zero attached hydrogens (tertiary/aromatic N) is 7. The number of alkyl halides is 1. The third kappa shape index (κ3) is 5.64. The lowest BCUT2D eigenvalue weighted by molar-refractivity contribution is -0.0600. The topological polar surface area (TPSA) is 304 Å². The van der Waals surface area contributed by atoms with Gasteiger partial charge in [0.15, 0.2) is 41.3 Å². The molecule has 0 saturated carbocycles. The lowest BCUT2D eigenvalue weighted by Gasteiger charge is -2.34. The fraction of sp³-hybridized carbons (Fsp3) is 0.524. The number of anilines is 2. The van der Waals surface area contributed by atoms with Crippen LogP contribution in [0.25, 0.3) is 22.3 Å². The van der Waals surface area contributed by atoms with Crippen LogP contribution in [0.3, 0.4) is 0 Å². The Morgan fingerprint density at radius 2 is 1.72 bits per heavy atom. The number of halogens is 1. The maximum absolute atomic E-state index is 16.1. The fourth-order valence-electron chi connectivity index (χ4n) is 5.68. The van der Waals surface area contributed by atoms with Crippen molar-refractivity contribution >= 4 is 56.9 Å². The highest BCUT2D eigenvalue weighted by atomic mass is 31.2. The summed E-state index contributed by atoms with van der Waals surface area (Å²) in [5.41, 5.74) is 11.0. The summed E-state index contributed by atoms with van der Waals surface area (Å²) in [7, 11) is -3.32. The van der Waals surface area contributed by atoms with Crippen molar-refractivity contribution in [1.82, 2.24) is 44.3 Å². The monoisotopic (exact) mass is 700 g/mol. The van der Waals surface area contributed by atoms with E-state index in [0.29, 0.717) is 0 Å². The second kappa shape index (κ2) is 11.9. The molecule has 0 amide bonds. The van der Waals surface area contributed by atoms with Gasteiger partial charge in [0.25, 0.3) is 5.56 Å². The van der Waals surface area contributed by atoms with Crippen molar-refractivity contribution in [3.8, 4) is 0 Å². The Morgan fingerprint density at radius 1 is 1.02 bits per heavy atom. The number of nitrogens with two attached hydrogens (primary N) is 2. The van der Waals surface area contributed by atoms with E-state index in [9.17, 15) is 19.0 Å². The zero-order valence-corrected chi connectivity index (χ0v) is 25.5. The van der Waals surface area contributed by atoms with E-state index in [0.717, 1.165) is 6.33 Å². The number of hydrogen-bond donors (Lipinski definition) is 5. The molecule has 0 aromatic carbocycles. The van der Waals surface area contributed by atoms with E-state index in [4.69, 9.17) is 51.8 Å². The first-order valence-electron chi connectivity index (χ1n) is 13.7. The van der Waals surface area contributed by atoms with Gasteiger partial charge in [-0.05, 0) is 0 Å². The van der Waals surface area contributed by atoms with Crippen LogP contribution in [0.4, 0.5) is 16.2 Å². The van der Waals surface area contributed by atoms with Crippen LogP contribution in [-0.2, 0) is 36.7 Å². The number of nitrogens with one attached hydrogen (secondary N) is 2. The van der Waals surface area contributed by atoms with Crippen molar-refractivity contribution < 1.29 is 51.4 Å². The predicted octanol–water partition coefficient (Wildman–Crippen LogP) is -1.70. The van der Waals surface area contributed by atoms with Gasteiger partial charge in [-0.2, -0.15) is 4.98 Å². The van der Waals surface area contributed by atoms with Gasteiger partial charge in [-0.1, -0.05) is 0 Å². The van der Waals surface area contributed by atoms with Gasteiger partial charge in [-0.3, -0.25) is 28.0 Å². The quantitative estimate of drug-likeness (QED) is 0.0685. The van der Waals surface area contributed by atoms with E-state index in [1.165, 1.54) is 21.8 Å². The molecule has 4 aromatic rings. The molecule has 9 N–H and O–H groups in total. The second-order valence-corrected chi connectivity index (χ2v) is 13.9. The number of ether oxygens (including phenoxy) is 2. The van der Waals surface area contributed by atoms with E-state index < -0.39 is 89.6 Å². The first kappa shape index (κ1) is 32.2. The summed E-state index contributed by atoms with van der Waals surface area (Å²) in [6.07, 6.45) is -7.27. The highest BCUT2D eigenvalue weighted by Crippen LogP contribution is 2.54. The van der Waals surface area contributed by atoms with E-state index in [-0.39, 0.29) is 34.1 Å². The van der Waals surface area contributed by atoms with E-state index >= 15 is 4.39 Å². The summed E-state index contributed by atoms with van der Waals surface area (Å²) in [4.78, 5) is 34.8. The number of rotatable bonds is 4. The van der Waals surface area contributed by atoms with Crippen LogP contribution >= 0.6 is 15.2 Å². The predicted molar refractivity (Wildman–Crippen MR) is 155 cm³/mol. The van der Waals surface area contributed by atoms with Crippen LogP contribution in [0.5, 0.6) is 0 Å². The minimum atomic E-state index is -4.69. The number of aromatic nitrogens is 8. The van der Waals surface area contributed by atoms with Gasteiger partial charge in [0, 0.05) is 11.2 Å². The van der Waals surface area contributed by atoms with E-state index in [1.54, 1.807) is 5.25 Å². The Labute approximate surface area is 262 Å². The Morgan fingerprint density at radius 3 is 2.47 bits per heavy atom. The molecule has 0 spiro atoms. The normalized spacial score (nSPS) is 36.6. The SMILES string of the molecule is [B-][P@]1(=O)OC[C@H]2O[C@@H](n3cnc4c(N)ncnc43)[C@@H](F)C2OP(=O)(N[OH2+])OC[C@H]2O[C@@H](n3cnc4c(=O)[nH]c(N)nc43)[C@@H](O1)C2CO. The van der Waals surface area contributed by atoms with Crippen LogP contribution < -0.4 is 22.3 Å². The Hall–Kier alpha value is -3.41. The maximum atomic E-state index is 16.1. The van der Waals surface area contributed by atoms with Crippen LogP contribution in [0.15, 0.2) is 23.8 Å². The number of fused-ring (bicyclic) bond motifs is 5. The molecule has 22 nitrogen and oxygen atoms in total. The Bertz CT molecular complexity index is 1980. The maximum Gasteiger partial charge on any atom is 0.467 e. The molecule has 26 heteroatoms. The highest BCUT2D eigenvalue weighted by Gasteiger charge is 2.54. The molecular weight excluding hydrogens is 674 g/mol.